The van der Waals surface area contributed by atoms with Crippen molar-refractivity contribution < 1.29 is 27.9 Å². The van der Waals surface area contributed by atoms with Crippen molar-refractivity contribution in [3.05, 3.63) is 0 Å². The van der Waals surface area contributed by atoms with E-state index in [0.29, 0.717) is 25.7 Å². The second-order valence-corrected chi connectivity index (χ2v) is 5.45. The number of aliphatic carboxylic acids is 1. The van der Waals surface area contributed by atoms with E-state index < -0.39 is 30.0 Å². The summed E-state index contributed by atoms with van der Waals surface area (Å²) in [7, 11) is 0. The van der Waals surface area contributed by atoms with E-state index >= 15 is 0 Å². The van der Waals surface area contributed by atoms with Gasteiger partial charge in [0.1, 0.15) is 0 Å². The van der Waals surface area contributed by atoms with E-state index in [1.807, 2.05) is 0 Å². The average Bonchev–Trinajstić information content (AvgIpc) is 2.26. The Bertz CT molecular complexity index is 369. The fraction of sp³-hybridized carbons (Fsp3) is 0.833. The summed E-state index contributed by atoms with van der Waals surface area (Å²) in [6.45, 7) is 0. The smallest absolute Gasteiger partial charge is 0.471 e. The zero-order valence-electron chi connectivity index (χ0n) is 10.2. The van der Waals surface area contributed by atoms with E-state index in [1.165, 1.54) is 0 Å². The summed E-state index contributed by atoms with van der Waals surface area (Å²) in [6.07, 6.45) is -1.91. The quantitative estimate of drug-likeness (QED) is 0.812. The molecule has 19 heavy (non-hydrogen) atoms. The van der Waals surface area contributed by atoms with Gasteiger partial charge >= 0.3 is 18.1 Å². The molecule has 2 bridgehead atoms. The van der Waals surface area contributed by atoms with Crippen LogP contribution >= 0.6 is 0 Å². The number of hydrogen-bond acceptors (Lipinski definition) is 2. The Kier molecular flexibility index (Phi) is 3.73. The molecule has 0 saturated heterocycles. The van der Waals surface area contributed by atoms with Crippen LogP contribution in [0.2, 0.25) is 0 Å². The standard InChI is InChI=1S/C12H16F3NO3/c13-12(14,15)11(19)16-9-6-2-1-3-7(9)5-8(4-6)10(17)18/h6-9H,1-5H2,(H,16,19)(H,17,18). The van der Waals surface area contributed by atoms with Crippen molar-refractivity contribution in [3.63, 3.8) is 0 Å². The molecule has 2 aliphatic carbocycles. The Morgan fingerprint density at radius 2 is 1.63 bits per heavy atom. The normalized spacial score (nSPS) is 34.7. The summed E-state index contributed by atoms with van der Waals surface area (Å²) in [5.74, 6) is -3.60. The maximum absolute atomic E-state index is 12.3. The number of amides is 1. The summed E-state index contributed by atoms with van der Waals surface area (Å²) in [6, 6.07) is -0.529. The second kappa shape index (κ2) is 5.02. The highest BCUT2D eigenvalue weighted by Gasteiger charge is 2.47. The van der Waals surface area contributed by atoms with Gasteiger partial charge in [0.25, 0.3) is 0 Å². The first kappa shape index (κ1) is 14.1. The molecule has 2 aliphatic rings. The van der Waals surface area contributed by atoms with Crippen LogP contribution in [0.3, 0.4) is 0 Å². The minimum Gasteiger partial charge on any atom is -0.481 e. The monoisotopic (exact) mass is 279 g/mol. The molecule has 2 saturated carbocycles. The van der Waals surface area contributed by atoms with Gasteiger partial charge in [0.2, 0.25) is 0 Å². The SMILES string of the molecule is O=C(O)C1CC2CCCC(C1)C2NC(=O)C(F)(F)F. The lowest BCUT2D eigenvalue weighted by Crippen LogP contribution is -2.54. The second-order valence-electron chi connectivity index (χ2n) is 5.45. The largest absolute Gasteiger partial charge is 0.481 e. The molecule has 0 aromatic rings. The topological polar surface area (TPSA) is 66.4 Å². The number of carbonyl (C=O) groups excluding carboxylic acids is 1. The predicted octanol–water partition coefficient (Wildman–Crippen LogP) is 1.94. The van der Waals surface area contributed by atoms with E-state index in [0.717, 1.165) is 6.42 Å². The van der Waals surface area contributed by atoms with E-state index in [1.54, 1.807) is 0 Å². The number of carboxylic acids is 1. The molecule has 4 nitrogen and oxygen atoms in total. The highest BCUT2D eigenvalue weighted by atomic mass is 19.4. The lowest BCUT2D eigenvalue weighted by atomic mass is 9.64. The van der Waals surface area contributed by atoms with E-state index in [4.69, 9.17) is 5.11 Å². The molecular formula is C12H16F3NO3. The van der Waals surface area contributed by atoms with Crippen molar-refractivity contribution in [3.8, 4) is 0 Å². The van der Waals surface area contributed by atoms with Crippen LogP contribution in [-0.4, -0.2) is 29.2 Å². The summed E-state index contributed by atoms with van der Waals surface area (Å²) in [5, 5.41) is 11.1. The molecule has 2 rings (SSSR count). The molecule has 108 valence electrons. The Morgan fingerprint density at radius 3 is 2.05 bits per heavy atom. The van der Waals surface area contributed by atoms with Crippen LogP contribution in [-0.2, 0) is 9.59 Å². The van der Waals surface area contributed by atoms with Gasteiger partial charge in [0.15, 0.2) is 0 Å². The molecule has 0 aromatic heterocycles. The van der Waals surface area contributed by atoms with Gasteiger partial charge in [0, 0.05) is 6.04 Å². The summed E-state index contributed by atoms with van der Waals surface area (Å²) in [5.41, 5.74) is 0. The molecule has 0 spiro atoms. The fourth-order valence-corrected chi connectivity index (χ4v) is 3.41. The number of rotatable bonds is 2. The Labute approximate surface area is 108 Å². The van der Waals surface area contributed by atoms with E-state index in [2.05, 4.69) is 5.32 Å². The highest BCUT2D eigenvalue weighted by Crippen LogP contribution is 2.43. The first-order valence-corrected chi connectivity index (χ1v) is 6.39. The van der Waals surface area contributed by atoms with Gasteiger partial charge in [-0.15, -0.1) is 0 Å². The molecule has 2 N–H and O–H groups in total. The molecule has 2 unspecified atom stereocenters. The third kappa shape index (κ3) is 3.01. The fourth-order valence-electron chi connectivity index (χ4n) is 3.41. The molecule has 2 fully saturated rings. The lowest BCUT2D eigenvalue weighted by molar-refractivity contribution is -0.176. The molecular weight excluding hydrogens is 263 g/mol. The van der Waals surface area contributed by atoms with Gasteiger partial charge in [-0.1, -0.05) is 6.42 Å². The Hall–Kier alpha value is -1.27. The van der Waals surface area contributed by atoms with E-state index in [-0.39, 0.29) is 11.8 Å². The number of hydrogen-bond donors (Lipinski definition) is 2. The third-order valence-corrected chi connectivity index (χ3v) is 4.24. The van der Waals surface area contributed by atoms with Gasteiger partial charge in [0.05, 0.1) is 5.92 Å². The first-order valence-electron chi connectivity index (χ1n) is 6.39. The first-order chi connectivity index (χ1) is 8.79. The van der Waals surface area contributed by atoms with Crippen LogP contribution in [0.15, 0.2) is 0 Å². The van der Waals surface area contributed by atoms with Crippen LogP contribution in [0, 0.1) is 17.8 Å². The number of carboxylic acid groups (broad SMARTS) is 1. The van der Waals surface area contributed by atoms with Crippen molar-refractivity contribution >= 4 is 11.9 Å². The van der Waals surface area contributed by atoms with Crippen molar-refractivity contribution in [2.45, 2.75) is 44.3 Å². The molecule has 0 radical (unpaired) electrons. The Morgan fingerprint density at radius 1 is 1.11 bits per heavy atom. The maximum Gasteiger partial charge on any atom is 0.471 e. The molecule has 0 aromatic carbocycles. The minimum absolute atomic E-state index is 0.153. The average molecular weight is 279 g/mol. The van der Waals surface area contributed by atoms with Gasteiger partial charge in [-0.2, -0.15) is 13.2 Å². The van der Waals surface area contributed by atoms with E-state index in [9.17, 15) is 22.8 Å². The van der Waals surface area contributed by atoms with Gasteiger partial charge in [-0.3, -0.25) is 9.59 Å². The number of carbonyl (C=O) groups is 2. The van der Waals surface area contributed by atoms with Gasteiger partial charge in [-0.05, 0) is 37.5 Å². The van der Waals surface area contributed by atoms with Crippen LogP contribution in [0.25, 0.3) is 0 Å². The van der Waals surface area contributed by atoms with Crippen molar-refractivity contribution in [1.29, 1.82) is 0 Å². The zero-order chi connectivity index (χ0) is 14.2. The van der Waals surface area contributed by atoms with Crippen LogP contribution in [0.1, 0.15) is 32.1 Å². The van der Waals surface area contributed by atoms with Crippen molar-refractivity contribution in [2.24, 2.45) is 17.8 Å². The molecule has 0 heterocycles. The summed E-state index contributed by atoms with van der Waals surface area (Å²) < 4.78 is 36.8. The van der Waals surface area contributed by atoms with Crippen LogP contribution in [0.4, 0.5) is 13.2 Å². The number of halogens is 3. The summed E-state index contributed by atoms with van der Waals surface area (Å²) >= 11 is 0. The maximum atomic E-state index is 12.3. The minimum atomic E-state index is -4.88. The zero-order valence-corrected chi connectivity index (χ0v) is 10.2. The molecule has 7 heteroatoms. The molecule has 0 aliphatic heterocycles. The number of alkyl halides is 3. The number of fused-ring (bicyclic) bond motifs is 2. The lowest BCUT2D eigenvalue weighted by Gasteiger charge is -2.45. The predicted molar refractivity (Wildman–Crippen MR) is 59.2 cm³/mol. The highest BCUT2D eigenvalue weighted by molar-refractivity contribution is 5.82. The molecule has 1 amide bonds. The molecule has 2 atom stereocenters. The Balaban J connectivity index is 2.06. The van der Waals surface area contributed by atoms with Gasteiger partial charge in [-0.25, -0.2) is 0 Å². The van der Waals surface area contributed by atoms with Crippen molar-refractivity contribution in [1.82, 2.24) is 5.32 Å². The van der Waals surface area contributed by atoms with Crippen molar-refractivity contribution in [2.75, 3.05) is 0 Å². The van der Waals surface area contributed by atoms with Crippen LogP contribution in [0.5, 0.6) is 0 Å². The van der Waals surface area contributed by atoms with Crippen LogP contribution < -0.4 is 5.32 Å². The van der Waals surface area contributed by atoms with Gasteiger partial charge < -0.3 is 10.4 Å². The summed E-state index contributed by atoms with van der Waals surface area (Å²) in [4.78, 5) is 22.0. The number of nitrogens with one attached hydrogen (secondary N) is 1. The third-order valence-electron chi connectivity index (χ3n) is 4.24.